The number of benzene rings is 1. The van der Waals surface area contributed by atoms with Crippen LogP contribution in [0.4, 0.5) is 0 Å². The molecule has 0 radical (unpaired) electrons. The van der Waals surface area contributed by atoms with E-state index < -0.39 is 0 Å². The average molecular weight is 329 g/mol. The molecular formula is C19H27N3O2. The lowest BCUT2D eigenvalue weighted by atomic mass is 9.58. The zero-order chi connectivity index (χ0) is 16.7. The van der Waals surface area contributed by atoms with Crippen LogP contribution < -0.4 is 0 Å². The van der Waals surface area contributed by atoms with Crippen molar-refractivity contribution in [2.24, 2.45) is 12.5 Å². The van der Waals surface area contributed by atoms with Crippen molar-refractivity contribution in [2.75, 3.05) is 19.7 Å². The van der Waals surface area contributed by atoms with E-state index in [9.17, 15) is 5.11 Å². The molecule has 2 fully saturated rings. The lowest BCUT2D eigenvalue weighted by Crippen LogP contribution is -2.62. The van der Waals surface area contributed by atoms with Gasteiger partial charge in [-0.15, -0.1) is 0 Å². The summed E-state index contributed by atoms with van der Waals surface area (Å²) in [6.07, 6.45) is 2.90. The van der Waals surface area contributed by atoms with Gasteiger partial charge in [-0.2, -0.15) is 0 Å². The van der Waals surface area contributed by atoms with E-state index in [1.807, 2.05) is 13.0 Å². The number of imidazole rings is 1. The molecule has 1 aliphatic carbocycles. The number of ether oxygens (including phenoxy) is 1. The molecule has 1 aromatic heterocycles. The third-order valence-corrected chi connectivity index (χ3v) is 6.14. The van der Waals surface area contributed by atoms with Gasteiger partial charge in [0, 0.05) is 25.5 Å². The van der Waals surface area contributed by atoms with Gasteiger partial charge in [0.15, 0.2) is 0 Å². The normalized spacial score (nSPS) is 26.8. The summed E-state index contributed by atoms with van der Waals surface area (Å²) in [4.78, 5) is 7.24. The molecule has 0 bridgehead atoms. The minimum atomic E-state index is -0.188. The smallest absolute Gasteiger partial charge is 0.123 e. The fourth-order valence-electron chi connectivity index (χ4n) is 4.48. The Morgan fingerprint density at radius 1 is 1.29 bits per heavy atom. The molecule has 1 saturated carbocycles. The zero-order valence-electron chi connectivity index (χ0n) is 14.6. The first-order valence-electron chi connectivity index (χ1n) is 9.06. The van der Waals surface area contributed by atoms with Gasteiger partial charge in [0.05, 0.1) is 29.8 Å². The first-order chi connectivity index (χ1) is 11.6. The van der Waals surface area contributed by atoms with Gasteiger partial charge in [0.25, 0.3) is 0 Å². The van der Waals surface area contributed by atoms with Gasteiger partial charge in [-0.1, -0.05) is 12.1 Å². The predicted molar refractivity (Wildman–Crippen MR) is 93.7 cm³/mol. The van der Waals surface area contributed by atoms with Crippen LogP contribution in [0.5, 0.6) is 0 Å². The van der Waals surface area contributed by atoms with Crippen molar-refractivity contribution in [1.29, 1.82) is 0 Å². The van der Waals surface area contributed by atoms with E-state index in [0.29, 0.717) is 0 Å². The number of para-hydroxylation sites is 2. The number of nitrogens with zero attached hydrogens (tertiary/aromatic N) is 3. The standard InChI is InChI=1S/C19H27N3O2/c1-3-24-17-12-16(23)19(17)8-10-22(11-9-19)13-18-20-14-6-4-5-7-15(14)21(18)2/h4-7,16-17,23H,3,8-13H2,1-2H3. The molecular weight excluding hydrogens is 302 g/mol. The molecule has 130 valence electrons. The number of piperidine rings is 1. The van der Waals surface area contributed by atoms with E-state index in [1.54, 1.807) is 0 Å². The number of fused-ring (bicyclic) bond motifs is 1. The number of rotatable bonds is 4. The zero-order valence-corrected chi connectivity index (χ0v) is 14.6. The maximum atomic E-state index is 10.3. The molecule has 4 rings (SSSR count). The molecule has 2 heterocycles. The summed E-state index contributed by atoms with van der Waals surface area (Å²) in [7, 11) is 2.09. The maximum absolute atomic E-state index is 10.3. The summed E-state index contributed by atoms with van der Waals surface area (Å²) in [6, 6.07) is 8.29. The van der Waals surface area contributed by atoms with Crippen molar-refractivity contribution in [3.05, 3.63) is 30.1 Å². The minimum absolute atomic E-state index is 0.00113. The van der Waals surface area contributed by atoms with Crippen LogP contribution in [0.2, 0.25) is 0 Å². The number of hydrogen-bond acceptors (Lipinski definition) is 4. The molecule has 24 heavy (non-hydrogen) atoms. The van der Waals surface area contributed by atoms with Gasteiger partial charge in [0.2, 0.25) is 0 Å². The highest BCUT2D eigenvalue weighted by Crippen LogP contribution is 2.51. The van der Waals surface area contributed by atoms with E-state index in [1.165, 1.54) is 5.52 Å². The van der Waals surface area contributed by atoms with Gasteiger partial charge in [-0.25, -0.2) is 4.98 Å². The molecule has 2 atom stereocenters. The Hall–Kier alpha value is -1.43. The fraction of sp³-hybridized carbons (Fsp3) is 0.632. The summed E-state index contributed by atoms with van der Waals surface area (Å²) in [5.41, 5.74) is 2.25. The third-order valence-electron chi connectivity index (χ3n) is 6.14. The van der Waals surface area contributed by atoms with Crippen LogP contribution >= 0.6 is 0 Å². The SMILES string of the molecule is CCOC1CC(O)C12CCN(Cc1nc3ccccc3n1C)CC2. The molecule has 5 nitrogen and oxygen atoms in total. The molecule has 0 amide bonds. The molecule has 2 unspecified atom stereocenters. The van der Waals surface area contributed by atoms with E-state index in [2.05, 4.69) is 34.7 Å². The van der Waals surface area contributed by atoms with Crippen LogP contribution in [0.3, 0.4) is 0 Å². The van der Waals surface area contributed by atoms with E-state index in [4.69, 9.17) is 9.72 Å². The maximum Gasteiger partial charge on any atom is 0.123 e. The second-order valence-electron chi connectivity index (χ2n) is 7.28. The number of aliphatic hydroxyl groups excluding tert-OH is 1. The molecule has 1 N–H and O–H groups in total. The predicted octanol–water partition coefficient (Wildman–Crippen LogP) is 2.33. The first kappa shape index (κ1) is 16.1. The van der Waals surface area contributed by atoms with Crippen LogP contribution in [0, 0.1) is 5.41 Å². The molecule has 1 aliphatic heterocycles. The van der Waals surface area contributed by atoms with Gasteiger partial charge in [-0.05, 0) is 45.0 Å². The van der Waals surface area contributed by atoms with Crippen LogP contribution in [-0.4, -0.2) is 51.5 Å². The topological polar surface area (TPSA) is 50.5 Å². The fourth-order valence-corrected chi connectivity index (χ4v) is 4.48. The van der Waals surface area contributed by atoms with Gasteiger partial charge in [-0.3, -0.25) is 4.90 Å². The van der Waals surface area contributed by atoms with Crippen molar-refractivity contribution in [2.45, 2.75) is 44.9 Å². The van der Waals surface area contributed by atoms with Crippen molar-refractivity contribution in [3.63, 3.8) is 0 Å². The lowest BCUT2D eigenvalue weighted by Gasteiger charge is -2.56. The molecule has 2 aromatic rings. The van der Waals surface area contributed by atoms with Crippen molar-refractivity contribution >= 4 is 11.0 Å². The lowest BCUT2D eigenvalue weighted by molar-refractivity contribution is -0.210. The summed E-state index contributed by atoms with van der Waals surface area (Å²) >= 11 is 0. The second kappa shape index (κ2) is 6.14. The van der Waals surface area contributed by atoms with Crippen LogP contribution in [-0.2, 0) is 18.3 Å². The monoisotopic (exact) mass is 329 g/mol. The van der Waals surface area contributed by atoms with E-state index in [-0.39, 0.29) is 17.6 Å². The van der Waals surface area contributed by atoms with Gasteiger partial charge in [0.1, 0.15) is 5.82 Å². The number of hydrogen-bond donors (Lipinski definition) is 1. The molecule has 2 aliphatic rings. The Labute approximate surface area is 143 Å². The van der Waals surface area contributed by atoms with Crippen LogP contribution in [0.15, 0.2) is 24.3 Å². The Balaban J connectivity index is 1.43. The number of aliphatic hydroxyl groups is 1. The largest absolute Gasteiger partial charge is 0.392 e. The van der Waals surface area contributed by atoms with Gasteiger partial charge < -0.3 is 14.4 Å². The number of aromatic nitrogens is 2. The summed E-state index contributed by atoms with van der Waals surface area (Å²) in [6.45, 7) is 5.66. The Morgan fingerprint density at radius 2 is 2.04 bits per heavy atom. The van der Waals surface area contributed by atoms with Crippen molar-refractivity contribution in [1.82, 2.24) is 14.5 Å². The van der Waals surface area contributed by atoms with E-state index in [0.717, 1.165) is 56.8 Å². The summed E-state index contributed by atoms with van der Waals surface area (Å²) < 4.78 is 8.05. The Morgan fingerprint density at radius 3 is 2.71 bits per heavy atom. The van der Waals surface area contributed by atoms with Crippen LogP contribution in [0.1, 0.15) is 32.0 Å². The molecule has 1 spiro atoms. The van der Waals surface area contributed by atoms with Gasteiger partial charge >= 0.3 is 0 Å². The highest BCUT2D eigenvalue weighted by Gasteiger charge is 2.55. The van der Waals surface area contributed by atoms with Crippen LogP contribution in [0.25, 0.3) is 11.0 Å². The quantitative estimate of drug-likeness (QED) is 0.935. The first-order valence-corrected chi connectivity index (χ1v) is 9.06. The van der Waals surface area contributed by atoms with Crippen molar-refractivity contribution in [3.8, 4) is 0 Å². The Bertz CT molecular complexity index is 716. The minimum Gasteiger partial charge on any atom is -0.392 e. The van der Waals surface area contributed by atoms with E-state index >= 15 is 0 Å². The summed E-state index contributed by atoms with van der Waals surface area (Å²) in [5.74, 6) is 1.11. The molecule has 5 heteroatoms. The molecule has 1 saturated heterocycles. The highest BCUT2D eigenvalue weighted by atomic mass is 16.5. The highest BCUT2D eigenvalue weighted by molar-refractivity contribution is 5.75. The average Bonchev–Trinajstić information content (AvgIpc) is 2.92. The second-order valence-corrected chi connectivity index (χ2v) is 7.28. The Kier molecular flexibility index (Phi) is 4.11. The number of likely N-dealkylation sites (tertiary alicyclic amines) is 1. The molecule has 1 aromatic carbocycles. The third kappa shape index (κ3) is 2.46. The number of aryl methyl sites for hydroxylation is 1. The van der Waals surface area contributed by atoms with Crippen molar-refractivity contribution < 1.29 is 9.84 Å². The summed E-state index contributed by atoms with van der Waals surface area (Å²) in [5, 5.41) is 10.3.